The van der Waals surface area contributed by atoms with Gasteiger partial charge in [0.2, 0.25) is 0 Å². The Hall–Kier alpha value is -3.44. The third-order valence-corrected chi connectivity index (χ3v) is 7.01. The largest absolute Gasteiger partial charge is 0.351 e. The molecule has 0 saturated carbocycles. The van der Waals surface area contributed by atoms with Crippen molar-refractivity contribution >= 4 is 23.0 Å². The molecule has 0 amide bonds. The van der Waals surface area contributed by atoms with E-state index < -0.39 is 0 Å². The van der Waals surface area contributed by atoms with Crippen molar-refractivity contribution in [3.8, 4) is 0 Å². The minimum absolute atomic E-state index is 0.000627. The topological polar surface area (TPSA) is 33.1 Å². The lowest BCUT2D eigenvalue weighted by Crippen LogP contribution is -2.29. The van der Waals surface area contributed by atoms with Gasteiger partial charge in [0.1, 0.15) is 0 Å². The van der Waals surface area contributed by atoms with Gasteiger partial charge in [0.05, 0.1) is 17.8 Å². The summed E-state index contributed by atoms with van der Waals surface area (Å²) in [6.45, 7) is 9.54. The zero-order valence-electron chi connectivity index (χ0n) is 20.1. The van der Waals surface area contributed by atoms with E-state index in [1.165, 1.54) is 33.6 Å². The fourth-order valence-corrected chi connectivity index (χ4v) is 5.52. The number of hydrogen-bond donors (Lipinski definition) is 1. The Balaban J connectivity index is 1.64. The molecule has 1 saturated heterocycles. The van der Waals surface area contributed by atoms with Crippen LogP contribution in [0.15, 0.2) is 79.0 Å². The minimum Gasteiger partial charge on any atom is -0.351 e. The van der Waals surface area contributed by atoms with E-state index in [0.717, 1.165) is 23.0 Å². The first-order valence-electron chi connectivity index (χ1n) is 11.7. The summed E-state index contributed by atoms with van der Waals surface area (Å²) in [7, 11) is 0. The minimum atomic E-state index is -0.0415. The second-order valence-corrected chi connectivity index (χ2v) is 9.63. The summed E-state index contributed by atoms with van der Waals surface area (Å²) in [6.07, 6.45) is 1.86. The Bertz CT molecular complexity index is 1310. The lowest BCUT2D eigenvalue weighted by molar-refractivity contribution is 0.563. The fraction of sp³-hybridized carbons (Fsp3) is 0.241. The fourth-order valence-electron chi connectivity index (χ4n) is 5.18. The number of anilines is 1. The van der Waals surface area contributed by atoms with Crippen LogP contribution in [0.5, 0.6) is 0 Å². The first-order valence-corrected chi connectivity index (χ1v) is 12.1. The summed E-state index contributed by atoms with van der Waals surface area (Å²) in [5.74, 6) is 0. The van der Waals surface area contributed by atoms with E-state index in [0.29, 0.717) is 0 Å². The number of pyridine rings is 1. The van der Waals surface area contributed by atoms with Gasteiger partial charge in [-0.3, -0.25) is 4.98 Å². The molecule has 1 aliphatic rings. The molecule has 0 bridgehead atoms. The lowest BCUT2D eigenvalue weighted by Gasteiger charge is -2.29. The van der Waals surface area contributed by atoms with E-state index in [9.17, 15) is 0 Å². The summed E-state index contributed by atoms with van der Waals surface area (Å²) >= 11 is 5.93. The van der Waals surface area contributed by atoms with Crippen LogP contribution in [0, 0.1) is 27.7 Å². The summed E-state index contributed by atoms with van der Waals surface area (Å²) in [5.41, 5.74) is 9.64. The van der Waals surface area contributed by atoms with Crippen LogP contribution in [0.4, 0.5) is 5.69 Å². The van der Waals surface area contributed by atoms with Gasteiger partial charge < -0.3 is 14.8 Å². The predicted octanol–water partition coefficient (Wildman–Crippen LogP) is 6.34. The van der Waals surface area contributed by atoms with Gasteiger partial charge in [-0.25, -0.2) is 0 Å². The number of thiocarbonyl (C=S) groups is 1. The summed E-state index contributed by atoms with van der Waals surface area (Å²) in [6, 6.07) is 25.6. The predicted molar refractivity (Wildman–Crippen MR) is 143 cm³/mol. The molecule has 5 rings (SSSR count). The van der Waals surface area contributed by atoms with Gasteiger partial charge in [-0.1, -0.05) is 42.5 Å². The number of hydrogen-bond acceptors (Lipinski definition) is 2. The molecule has 2 aromatic heterocycles. The van der Waals surface area contributed by atoms with E-state index in [1.54, 1.807) is 0 Å². The van der Waals surface area contributed by atoms with Gasteiger partial charge in [-0.15, -0.1) is 0 Å². The molecule has 0 unspecified atom stereocenters. The highest BCUT2D eigenvalue weighted by atomic mass is 32.1. The summed E-state index contributed by atoms with van der Waals surface area (Å²) < 4.78 is 2.40. The first-order chi connectivity index (χ1) is 16.4. The Morgan fingerprint density at radius 3 is 2.26 bits per heavy atom. The third-order valence-electron chi connectivity index (χ3n) is 6.70. The molecule has 2 aromatic carbocycles. The molecule has 0 radical (unpaired) electrons. The van der Waals surface area contributed by atoms with Crippen molar-refractivity contribution in [3.63, 3.8) is 0 Å². The highest BCUT2D eigenvalue weighted by Crippen LogP contribution is 2.43. The zero-order chi connectivity index (χ0) is 23.8. The number of nitrogens with one attached hydrogen (secondary N) is 1. The highest BCUT2D eigenvalue weighted by Gasteiger charge is 2.42. The Kier molecular flexibility index (Phi) is 5.96. The Morgan fingerprint density at radius 1 is 0.882 bits per heavy atom. The van der Waals surface area contributed by atoms with Crippen LogP contribution in [0.25, 0.3) is 0 Å². The molecule has 0 aliphatic carbocycles. The zero-order valence-corrected chi connectivity index (χ0v) is 20.9. The van der Waals surface area contributed by atoms with Crippen LogP contribution in [-0.4, -0.2) is 14.7 Å². The number of benzene rings is 2. The van der Waals surface area contributed by atoms with Crippen LogP contribution in [0.3, 0.4) is 0 Å². The number of aromatic nitrogens is 2. The van der Waals surface area contributed by atoms with E-state index in [2.05, 4.69) is 103 Å². The van der Waals surface area contributed by atoms with Crippen LogP contribution in [0.2, 0.25) is 0 Å². The maximum absolute atomic E-state index is 5.93. The molecule has 2 atom stereocenters. The van der Waals surface area contributed by atoms with Gasteiger partial charge in [0.15, 0.2) is 5.11 Å². The van der Waals surface area contributed by atoms with Crippen LogP contribution < -0.4 is 10.2 Å². The molecule has 1 aliphatic heterocycles. The van der Waals surface area contributed by atoms with Crippen molar-refractivity contribution in [2.24, 2.45) is 0 Å². The van der Waals surface area contributed by atoms with Crippen molar-refractivity contribution in [2.75, 3.05) is 4.90 Å². The van der Waals surface area contributed by atoms with E-state index in [1.807, 2.05) is 18.3 Å². The van der Waals surface area contributed by atoms with E-state index in [4.69, 9.17) is 17.2 Å². The SMILES string of the molecule is Cc1cc(C)cc(N2C(=S)N[C@@H](c3ccccn3)[C@H]2c2cc(C)n(Cc3ccccc3)c2C)c1. The molecular weight excluding hydrogens is 436 g/mol. The average molecular weight is 467 g/mol. The molecule has 172 valence electrons. The Labute approximate surface area is 207 Å². The Morgan fingerprint density at radius 2 is 1.59 bits per heavy atom. The van der Waals surface area contributed by atoms with Crippen molar-refractivity contribution in [3.05, 3.63) is 118 Å². The van der Waals surface area contributed by atoms with Crippen molar-refractivity contribution in [1.29, 1.82) is 0 Å². The van der Waals surface area contributed by atoms with Gasteiger partial charge in [0, 0.05) is 29.8 Å². The monoisotopic (exact) mass is 466 g/mol. The molecule has 0 spiro atoms. The number of aryl methyl sites for hydroxylation is 3. The standard InChI is InChI=1S/C29H30N4S/c1-19-14-20(2)16-24(15-19)33-28(27(31-29(33)34)26-12-8-9-13-30-26)25-17-21(3)32(22(25)4)18-23-10-6-5-7-11-23/h5-17,27-28H,18H2,1-4H3,(H,31,34)/t27-,28+/m0/s1. The summed E-state index contributed by atoms with van der Waals surface area (Å²) in [5, 5.41) is 4.33. The average Bonchev–Trinajstić information content (AvgIpc) is 3.30. The molecule has 4 aromatic rings. The molecule has 1 fully saturated rings. The molecular formula is C29H30N4S. The smallest absolute Gasteiger partial charge is 0.174 e. The second kappa shape index (κ2) is 9.07. The van der Waals surface area contributed by atoms with Crippen LogP contribution >= 0.6 is 12.2 Å². The maximum Gasteiger partial charge on any atom is 0.174 e. The molecule has 1 N–H and O–H groups in total. The molecule has 3 heterocycles. The van der Waals surface area contributed by atoms with Crippen molar-refractivity contribution in [1.82, 2.24) is 14.9 Å². The van der Waals surface area contributed by atoms with Gasteiger partial charge in [-0.05, 0) is 92.5 Å². The first kappa shape index (κ1) is 22.4. The molecule has 34 heavy (non-hydrogen) atoms. The van der Waals surface area contributed by atoms with E-state index >= 15 is 0 Å². The molecule has 5 heteroatoms. The quantitative estimate of drug-likeness (QED) is 0.348. The van der Waals surface area contributed by atoms with Gasteiger partial charge in [0.25, 0.3) is 0 Å². The van der Waals surface area contributed by atoms with Crippen LogP contribution in [0.1, 0.15) is 51.4 Å². The second-order valence-electron chi connectivity index (χ2n) is 9.24. The maximum atomic E-state index is 5.93. The van der Waals surface area contributed by atoms with Gasteiger partial charge >= 0.3 is 0 Å². The lowest BCUT2D eigenvalue weighted by atomic mass is 9.96. The third kappa shape index (κ3) is 4.12. The van der Waals surface area contributed by atoms with Crippen LogP contribution in [-0.2, 0) is 6.54 Å². The summed E-state index contributed by atoms with van der Waals surface area (Å²) in [4.78, 5) is 6.99. The number of nitrogens with zero attached hydrogens (tertiary/aromatic N) is 3. The van der Waals surface area contributed by atoms with Crippen molar-refractivity contribution < 1.29 is 0 Å². The van der Waals surface area contributed by atoms with E-state index in [-0.39, 0.29) is 12.1 Å². The number of rotatable bonds is 5. The van der Waals surface area contributed by atoms with Gasteiger partial charge in [-0.2, -0.15) is 0 Å². The molecule has 4 nitrogen and oxygen atoms in total. The van der Waals surface area contributed by atoms with Crippen molar-refractivity contribution in [2.45, 2.75) is 46.3 Å². The normalized spacial score (nSPS) is 17.8. The highest BCUT2D eigenvalue weighted by molar-refractivity contribution is 7.80.